The molecule has 5 N–H and O–H groups in total. The minimum absolute atomic E-state index is 0.0638. The number of aliphatic carboxylic acids is 1. The van der Waals surface area contributed by atoms with Crippen molar-refractivity contribution in [3.63, 3.8) is 0 Å². The van der Waals surface area contributed by atoms with Gasteiger partial charge in [0.05, 0.1) is 23.7 Å². The van der Waals surface area contributed by atoms with Gasteiger partial charge in [0.15, 0.2) is 5.82 Å². The second-order valence-corrected chi connectivity index (χ2v) is 9.36. The minimum atomic E-state index is -5.08. The van der Waals surface area contributed by atoms with Crippen molar-refractivity contribution < 1.29 is 37.0 Å². The number of aromatic nitrogens is 4. The van der Waals surface area contributed by atoms with Crippen LogP contribution in [0.25, 0.3) is 22.3 Å². The summed E-state index contributed by atoms with van der Waals surface area (Å²) in [5.41, 5.74) is 9.18. The number of carbonyl (C=O) groups excluding carboxylic acids is 1. The summed E-state index contributed by atoms with van der Waals surface area (Å²) in [5, 5.41) is 10.1. The van der Waals surface area contributed by atoms with Crippen LogP contribution in [0.4, 0.5) is 23.5 Å². The molecule has 208 valence electrons. The number of nitrogens with zero attached hydrogens (tertiary/aromatic N) is 3. The quantitative estimate of drug-likeness (QED) is 0.274. The van der Waals surface area contributed by atoms with E-state index in [0.29, 0.717) is 47.2 Å². The van der Waals surface area contributed by atoms with Crippen molar-refractivity contribution in [3.05, 3.63) is 65.4 Å². The first kappa shape index (κ1) is 26.8. The Balaban J connectivity index is 0.000000411. The molecule has 1 saturated carbocycles. The zero-order valence-corrected chi connectivity index (χ0v) is 20.6. The fourth-order valence-corrected chi connectivity index (χ4v) is 4.18. The Morgan fingerprint density at radius 2 is 1.88 bits per heavy atom. The van der Waals surface area contributed by atoms with Crippen molar-refractivity contribution in [1.82, 2.24) is 25.3 Å². The molecule has 1 amide bonds. The number of anilines is 1. The fourth-order valence-electron chi connectivity index (χ4n) is 4.18. The van der Waals surface area contributed by atoms with Gasteiger partial charge in [-0.3, -0.25) is 4.79 Å². The zero-order chi connectivity index (χ0) is 28.6. The number of amides is 1. The highest BCUT2D eigenvalue weighted by Gasteiger charge is 2.38. The van der Waals surface area contributed by atoms with Gasteiger partial charge < -0.3 is 25.9 Å². The Bertz CT molecular complexity index is 1600. The highest BCUT2D eigenvalue weighted by atomic mass is 19.4. The number of aromatic amines is 1. The Morgan fingerprint density at radius 3 is 2.55 bits per heavy atom. The molecule has 2 aliphatic rings. The molecule has 1 aliphatic carbocycles. The van der Waals surface area contributed by atoms with Crippen molar-refractivity contribution in [2.75, 3.05) is 12.3 Å². The van der Waals surface area contributed by atoms with E-state index in [4.69, 9.17) is 20.4 Å². The van der Waals surface area contributed by atoms with Crippen LogP contribution >= 0.6 is 0 Å². The molecule has 4 aromatic rings. The molecule has 3 heterocycles. The van der Waals surface area contributed by atoms with E-state index in [-0.39, 0.29) is 23.3 Å². The van der Waals surface area contributed by atoms with E-state index in [9.17, 15) is 22.4 Å². The van der Waals surface area contributed by atoms with E-state index in [1.807, 2.05) is 12.1 Å². The molecule has 1 fully saturated rings. The van der Waals surface area contributed by atoms with Crippen LogP contribution in [0.2, 0.25) is 0 Å². The molecule has 0 radical (unpaired) electrons. The smallest absolute Gasteiger partial charge is 0.490 e. The predicted molar refractivity (Wildman–Crippen MR) is 134 cm³/mol. The number of ether oxygens (including phenoxy) is 1. The first-order valence-corrected chi connectivity index (χ1v) is 12.1. The van der Waals surface area contributed by atoms with Crippen LogP contribution in [0, 0.1) is 5.82 Å². The number of halogens is 4. The van der Waals surface area contributed by atoms with Gasteiger partial charge in [-0.05, 0) is 61.2 Å². The molecular formula is C26H22F4N6O4. The Kier molecular flexibility index (Phi) is 7.00. The summed E-state index contributed by atoms with van der Waals surface area (Å²) in [6, 6.07) is 10.7. The average Bonchev–Trinajstić information content (AvgIpc) is 3.61. The summed E-state index contributed by atoms with van der Waals surface area (Å²) in [7, 11) is 0. The Hall–Kier alpha value is -4.75. The zero-order valence-electron chi connectivity index (χ0n) is 20.6. The number of nitrogens with one attached hydrogen (secondary N) is 2. The van der Waals surface area contributed by atoms with Crippen LogP contribution in [0.1, 0.15) is 40.5 Å². The van der Waals surface area contributed by atoms with Crippen molar-refractivity contribution in [2.24, 2.45) is 0 Å². The molecule has 0 bridgehead atoms. The van der Waals surface area contributed by atoms with E-state index in [1.54, 1.807) is 18.2 Å². The number of fused-ring (bicyclic) bond motifs is 2. The Morgan fingerprint density at radius 1 is 1.12 bits per heavy atom. The Labute approximate surface area is 223 Å². The van der Waals surface area contributed by atoms with Crippen molar-refractivity contribution >= 4 is 28.9 Å². The van der Waals surface area contributed by atoms with Crippen molar-refractivity contribution in [2.45, 2.75) is 37.4 Å². The third kappa shape index (κ3) is 5.95. The van der Waals surface area contributed by atoms with E-state index in [1.165, 1.54) is 12.3 Å². The summed E-state index contributed by atoms with van der Waals surface area (Å²) in [6.07, 6.45) is -0.835. The van der Waals surface area contributed by atoms with E-state index in [0.717, 1.165) is 24.2 Å². The summed E-state index contributed by atoms with van der Waals surface area (Å²) in [6.45, 7) is 0.414. The number of imidazole rings is 1. The maximum Gasteiger partial charge on any atom is 0.490 e. The maximum absolute atomic E-state index is 14.9. The lowest BCUT2D eigenvalue weighted by Gasteiger charge is -2.24. The van der Waals surface area contributed by atoms with Crippen LogP contribution in [-0.4, -0.2) is 55.7 Å². The lowest BCUT2D eigenvalue weighted by Crippen LogP contribution is -2.26. The average molecular weight is 558 g/mol. The van der Waals surface area contributed by atoms with Gasteiger partial charge >= 0.3 is 12.1 Å². The molecule has 2 aromatic heterocycles. The monoisotopic (exact) mass is 558 g/mol. The molecule has 14 heteroatoms. The molecule has 0 saturated heterocycles. The summed E-state index contributed by atoms with van der Waals surface area (Å²) >= 11 is 0. The lowest BCUT2D eigenvalue weighted by molar-refractivity contribution is -0.192. The first-order valence-electron chi connectivity index (χ1n) is 12.1. The number of rotatable bonds is 4. The van der Waals surface area contributed by atoms with Crippen molar-refractivity contribution in [3.8, 4) is 17.0 Å². The minimum Gasteiger partial charge on any atom is -0.493 e. The summed E-state index contributed by atoms with van der Waals surface area (Å²) in [4.78, 5) is 37.1. The number of alkyl halides is 3. The summed E-state index contributed by atoms with van der Waals surface area (Å²) < 4.78 is 52.5. The number of hydrogen-bond donors (Lipinski definition) is 4. The van der Waals surface area contributed by atoms with Crippen LogP contribution in [-0.2, 0) is 11.2 Å². The van der Waals surface area contributed by atoms with Gasteiger partial charge in [-0.1, -0.05) is 0 Å². The largest absolute Gasteiger partial charge is 0.493 e. The second kappa shape index (κ2) is 10.4. The van der Waals surface area contributed by atoms with Gasteiger partial charge in [0, 0.05) is 23.4 Å². The molecular weight excluding hydrogens is 536 g/mol. The van der Waals surface area contributed by atoms with Crippen molar-refractivity contribution in [1.29, 1.82) is 0 Å². The van der Waals surface area contributed by atoms with E-state index in [2.05, 4.69) is 25.3 Å². The highest BCUT2D eigenvalue weighted by Crippen LogP contribution is 2.34. The molecule has 2 aromatic carbocycles. The maximum atomic E-state index is 14.9. The number of nitrogens with two attached hydrogens (primary N) is 1. The van der Waals surface area contributed by atoms with Gasteiger partial charge in [0.2, 0.25) is 5.95 Å². The lowest BCUT2D eigenvalue weighted by atomic mass is 9.94. The van der Waals surface area contributed by atoms with Crippen LogP contribution < -0.4 is 15.8 Å². The van der Waals surface area contributed by atoms with E-state index < -0.39 is 18.0 Å². The number of carbonyl (C=O) groups is 2. The number of H-pyrrole nitrogens is 1. The van der Waals surface area contributed by atoms with Gasteiger partial charge in [-0.25, -0.2) is 24.1 Å². The standard InChI is InChI=1S/C24H21FN6O2.C2HF3O2/c25-17-9-13(18-5-6-27-24(26)30-18)10-19-21(17)31-22(29-19)15-8-14-7-12(1-4-20(14)33-11-15)23(32)28-16-2-3-16;3-2(4,5)1(6)7/h1,4-7,9-10,15-16H,2-3,8,11H2,(H,28,32)(H,29,31)(H2,26,27,30);(H,6,7). The normalized spacial score (nSPS) is 16.4. The highest BCUT2D eigenvalue weighted by molar-refractivity contribution is 5.95. The molecule has 6 rings (SSSR count). The number of hydrogen-bond acceptors (Lipinski definition) is 7. The van der Waals surface area contributed by atoms with Gasteiger partial charge in [0.25, 0.3) is 5.91 Å². The van der Waals surface area contributed by atoms with Gasteiger partial charge in [-0.2, -0.15) is 13.2 Å². The molecule has 1 atom stereocenters. The first-order chi connectivity index (χ1) is 19.0. The third-order valence-corrected chi connectivity index (χ3v) is 6.30. The van der Waals surface area contributed by atoms with Crippen LogP contribution in [0.15, 0.2) is 42.6 Å². The van der Waals surface area contributed by atoms with Crippen LogP contribution in [0.5, 0.6) is 5.75 Å². The topological polar surface area (TPSA) is 156 Å². The molecule has 10 nitrogen and oxygen atoms in total. The number of nitrogen functional groups attached to an aromatic ring is 1. The fraction of sp³-hybridized carbons (Fsp3) is 0.269. The third-order valence-electron chi connectivity index (χ3n) is 6.30. The molecule has 1 unspecified atom stereocenters. The SMILES string of the molecule is Nc1nccc(-c2cc(F)c3nc(C4COc5ccc(C(=O)NC6CC6)cc5C4)[nH]c3c2)n1.O=C(O)C(F)(F)F. The van der Waals surface area contributed by atoms with Gasteiger partial charge in [-0.15, -0.1) is 0 Å². The van der Waals surface area contributed by atoms with Gasteiger partial charge in [0.1, 0.15) is 17.1 Å². The number of carboxylic acids is 1. The summed E-state index contributed by atoms with van der Waals surface area (Å²) in [5.74, 6) is -1.83. The second-order valence-electron chi connectivity index (χ2n) is 9.36. The molecule has 40 heavy (non-hydrogen) atoms. The number of benzene rings is 2. The predicted octanol–water partition coefficient (Wildman–Crippen LogP) is 3.99. The molecule has 1 aliphatic heterocycles. The molecule has 0 spiro atoms. The number of carboxylic acid groups (broad SMARTS) is 1. The van der Waals surface area contributed by atoms with E-state index >= 15 is 0 Å². The van der Waals surface area contributed by atoms with Crippen LogP contribution in [0.3, 0.4) is 0 Å².